The van der Waals surface area contributed by atoms with E-state index in [9.17, 15) is 14.4 Å². The summed E-state index contributed by atoms with van der Waals surface area (Å²) in [6, 6.07) is 10.2. The summed E-state index contributed by atoms with van der Waals surface area (Å²) >= 11 is 4.79. The number of nitrogens with zero attached hydrogens (tertiary/aromatic N) is 5. The average Bonchev–Trinajstić information content (AvgIpc) is 3.41. The fraction of sp³-hybridized carbons (Fsp3) is 0.211. The summed E-state index contributed by atoms with van der Waals surface area (Å²) in [6.07, 6.45) is 0. The van der Waals surface area contributed by atoms with Crippen LogP contribution in [0.1, 0.15) is 17.6 Å². The van der Waals surface area contributed by atoms with E-state index >= 15 is 0 Å². The fourth-order valence-corrected chi connectivity index (χ4v) is 5.21. The van der Waals surface area contributed by atoms with Crippen LogP contribution in [0.25, 0.3) is 16.7 Å². The van der Waals surface area contributed by atoms with E-state index in [1.165, 1.54) is 15.9 Å². The van der Waals surface area contributed by atoms with Gasteiger partial charge in [0.25, 0.3) is 11.5 Å². The van der Waals surface area contributed by atoms with Crippen LogP contribution in [0.3, 0.4) is 0 Å². The number of halogens is 1. The van der Waals surface area contributed by atoms with Crippen molar-refractivity contribution in [3.8, 4) is 0 Å². The highest BCUT2D eigenvalue weighted by molar-refractivity contribution is 9.11. The van der Waals surface area contributed by atoms with Crippen molar-refractivity contribution in [2.45, 2.75) is 19.0 Å². The van der Waals surface area contributed by atoms with Gasteiger partial charge >= 0.3 is 6.03 Å². The lowest BCUT2D eigenvalue weighted by Crippen LogP contribution is -2.40. The summed E-state index contributed by atoms with van der Waals surface area (Å²) in [5.74, 6) is 0.357. The van der Waals surface area contributed by atoms with E-state index in [1.54, 1.807) is 36.6 Å². The SMILES string of the molecule is Cn1c(=O)c2ccccc2n2c(CN3C(=O)N[C@@](C)(c4ccc(Br)s4)C3=O)nnc12. The summed E-state index contributed by atoms with van der Waals surface area (Å²) in [5.41, 5.74) is -0.723. The molecule has 3 amide bonds. The molecule has 9 nitrogen and oxygen atoms in total. The molecular formula is C19H15BrN6O3S. The molecule has 11 heteroatoms. The number of nitrogens with one attached hydrogen (secondary N) is 1. The third-order valence-electron chi connectivity index (χ3n) is 5.33. The molecule has 1 N–H and O–H groups in total. The Morgan fingerprint density at radius 3 is 2.63 bits per heavy atom. The number of para-hydroxylation sites is 1. The number of aryl methyl sites for hydroxylation is 1. The normalized spacial score (nSPS) is 19.2. The number of hydrogen-bond donors (Lipinski definition) is 1. The van der Waals surface area contributed by atoms with E-state index in [2.05, 4.69) is 31.4 Å². The summed E-state index contributed by atoms with van der Waals surface area (Å²) in [5, 5.41) is 11.6. The number of carbonyl (C=O) groups excluding carboxylic acids is 2. The van der Waals surface area contributed by atoms with Gasteiger partial charge in [-0.2, -0.15) is 0 Å². The molecule has 1 aliphatic rings. The predicted molar refractivity (Wildman–Crippen MR) is 114 cm³/mol. The molecule has 0 radical (unpaired) electrons. The average molecular weight is 487 g/mol. The van der Waals surface area contributed by atoms with E-state index in [4.69, 9.17) is 0 Å². The Bertz CT molecular complexity index is 1420. The van der Waals surface area contributed by atoms with Crippen LogP contribution in [0.15, 0.2) is 45.0 Å². The second-order valence-corrected chi connectivity index (χ2v) is 9.65. The van der Waals surface area contributed by atoms with Gasteiger partial charge in [0, 0.05) is 11.9 Å². The lowest BCUT2D eigenvalue weighted by molar-refractivity contribution is -0.131. The Hall–Kier alpha value is -3.05. The number of rotatable bonds is 3. The zero-order valence-electron chi connectivity index (χ0n) is 15.9. The lowest BCUT2D eigenvalue weighted by Gasteiger charge is -2.20. The molecule has 4 aromatic rings. The number of urea groups is 1. The zero-order chi connectivity index (χ0) is 21.2. The molecule has 0 bridgehead atoms. The van der Waals surface area contributed by atoms with Crippen molar-refractivity contribution >= 4 is 55.9 Å². The minimum absolute atomic E-state index is 0.0732. The summed E-state index contributed by atoms with van der Waals surface area (Å²) in [7, 11) is 1.61. The first-order valence-corrected chi connectivity index (χ1v) is 10.6. The zero-order valence-corrected chi connectivity index (χ0v) is 18.3. The lowest BCUT2D eigenvalue weighted by atomic mass is 10.0. The minimum atomic E-state index is -1.15. The maximum atomic E-state index is 13.2. The van der Waals surface area contributed by atoms with Crippen LogP contribution in [0.4, 0.5) is 4.79 Å². The number of aromatic nitrogens is 4. The first-order chi connectivity index (χ1) is 14.3. The van der Waals surface area contributed by atoms with Gasteiger partial charge in [-0.15, -0.1) is 21.5 Å². The van der Waals surface area contributed by atoms with Crippen LogP contribution < -0.4 is 10.9 Å². The van der Waals surface area contributed by atoms with Crippen LogP contribution in [0.5, 0.6) is 0 Å². The predicted octanol–water partition coefficient (Wildman–Crippen LogP) is 2.37. The van der Waals surface area contributed by atoms with Gasteiger partial charge in [-0.05, 0) is 47.1 Å². The number of benzene rings is 1. The number of fused-ring (bicyclic) bond motifs is 3. The van der Waals surface area contributed by atoms with Gasteiger partial charge in [-0.1, -0.05) is 12.1 Å². The standard InChI is InChI=1S/C19H15BrN6O3S/c1-19(12-7-8-13(20)30-12)16(28)25(18(29)21-19)9-14-22-23-17-24(2)15(27)10-5-3-4-6-11(10)26(14)17/h3-8H,9H2,1-2H3,(H,21,29)/t19-/m0/s1. The Morgan fingerprint density at radius 2 is 1.90 bits per heavy atom. The van der Waals surface area contributed by atoms with Gasteiger partial charge in [-0.25, -0.2) is 4.79 Å². The summed E-state index contributed by atoms with van der Waals surface area (Å²) in [6.45, 7) is 1.61. The fourth-order valence-electron chi connectivity index (χ4n) is 3.73. The Kier molecular flexibility index (Phi) is 4.09. The molecule has 1 saturated heterocycles. The van der Waals surface area contributed by atoms with Gasteiger partial charge in [0.2, 0.25) is 5.78 Å². The molecule has 3 aromatic heterocycles. The van der Waals surface area contributed by atoms with Crippen LogP contribution in [0.2, 0.25) is 0 Å². The molecule has 1 fully saturated rings. The molecule has 0 saturated carbocycles. The van der Waals surface area contributed by atoms with Crippen molar-refractivity contribution in [2.24, 2.45) is 7.05 Å². The van der Waals surface area contributed by atoms with Crippen molar-refractivity contribution in [2.75, 3.05) is 0 Å². The number of hydrogen-bond acceptors (Lipinski definition) is 6. The second-order valence-electron chi connectivity index (χ2n) is 7.18. The van der Waals surface area contributed by atoms with Crippen LogP contribution in [-0.2, 0) is 23.9 Å². The maximum absolute atomic E-state index is 13.2. The molecule has 0 aliphatic carbocycles. The van der Waals surface area contributed by atoms with Crippen LogP contribution >= 0.6 is 27.3 Å². The Labute approximate surface area is 182 Å². The third kappa shape index (κ3) is 2.55. The first-order valence-electron chi connectivity index (χ1n) is 9.03. The van der Waals surface area contributed by atoms with Gasteiger partial charge in [0.05, 0.1) is 21.2 Å². The second kappa shape index (κ2) is 6.47. The Balaban J connectivity index is 1.61. The third-order valence-corrected chi connectivity index (χ3v) is 7.18. The van der Waals surface area contributed by atoms with E-state index in [1.807, 2.05) is 18.2 Å². The van der Waals surface area contributed by atoms with Gasteiger partial charge in [-0.3, -0.25) is 23.5 Å². The smallest absolute Gasteiger partial charge is 0.319 e. The topological polar surface area (TPSA) is 102 Å². The van der Waals surface area contributed by atoms with Crippen molar-refractivity contribution in [1.29, 1.82) is 0 Å². The first kappa shape index (κ1) is 18.9. The number of imide groups is 1. The molecule has 0 spiro atoms. The molecule has 30 heavy (non-hydrogen) atoms. The van der Waals surface area contributed by atoms with Crippen molar-refractivity contribution in [3.63, 3.8) is 0 Å². The quantitative estimate of drug-likeness (QED) is 0.448. The number of carbonyl (C=O) groups is 2. The highest BCUT2D eigenvalue weighted by atomic mass is 79.9. The number of thiophene rings is 1. The monoisotopic (exact) mass is 486 g/mol. The molecule has 1 aliphatic heterocycles. The number of amides is 3. The van der Waals surface area contributed by atoms with Crippen molar-refractivity contribution in [1.82, 2.24) is 29.4 Å². The summed E-state index contributed by atoms with van der Waals surface area (Å²) in [4.78, 5) is 40.4. The van der Waals surface area contributed by atoms with Crippen LogP contribution in [-0.4, -0.2) is 36.0 Å². The van der Waals surface area contributed by atoms with E-state index in [0.29, 0.717) is 22.5 Å². The molecule has 152 valence electrons. The molecule has 1 atom stereocenters. The van der Waals surface area contributed by atoms with E-state index in [0.717, 1.165) is 13.6 Å². The van der Waals surface area contributed by atoms with Crippen molar-refractivity contribution < 1.29 is 9.59 Å². The van der Waals surface area contributed by atoms with Gasteiger partial charge < -0.3 is 5.32 Å². The molecular weight excluding hydrogens is 472 g/mol. The highest BCUT2D eigenvalue weighted by Gasteiger charge is 2.50. The largest absolute Gasteiger partial charge is 0.325 e. The van der Waals surface area contributed by atoms with Gasteiger partial charge in [0.15, 0.2) is 11.4 Å². The molecule has 5 rings (SSSR count). The molecule has 0 unspecified atom stereocenters. The summed E-state index contributed by atoms with van der Waals surface area (Å²) < 4.78 is 3.97. The highest BCUT2D eigenvalue weighted by Crippen LogP contribution is 2.36. The van der Waals surface area contributed by atoms with Crippen LogP contribution in [0, 0.1) is 0 Å². The molecule has 1 aromatic carbocycles. The molecule has 4 heterocycles. The Morgan fingerprint density at radius 1 is 1.13 bits per heavy atom. The van der Waals surface area contributed by atoms with Gasteiger partial charge in [0.1, 0.15) is 0 Å². The minimum Gasteiger partial charge on any atom is -0.319 e. The maximum Gasteiger partial charge on any atom is 0.325 e. The van der Waals surface area contributed by atoms with E-state index in [-0.39, 0.29) is 18.0 Å². The van der Waals surface area contributed by atoms with Crippen molar-refractivity contribution in [3.05, 3.63) is 61.2 Å². The van der Waals surface area contributed by atoms with E-state index < -0.39 is 11.6 Å².